The smallest absolute Gasteiger partial charge is 0.222 e. The average molecular weight is 366 g/mol. The maximum Gasteiger partial charge on any atom is 0.222 e. The highest BCUT2D eigenvalue weighted by Gasteiger charge is 2.21. The molecular formula is C20H32ClN3O. The Labute approximate surface area is 157 Å². The van der Waals surface area contributed by atoms with Crippen LogP contribution in [0.2, 0.25) is 5.02 Å². The number of carbonyl (C=O) groups is 1. The normalized spacial score (nSPS) is 17.4. The molecule has 1 aliphatic heterocycles. The number of nitrogens with zero attached hydrogens (tertiary/aromatic N) is 3. The number of hydrogen-bond donors (Lipinski definition) is 0. The van der Waals surface area contributed by atoms with Gasteiger partial charge in [0, 0.05) is 56.8 Å². The third-order valence-electron chi connectivity index (χ3n) is 5.05. The van der Waals surface area contributed by atoms with Crippen LogP contribution in [0.4, 0.5) is 0 Å². The molecule has 1 heterocycles. The van der Waals surface area contributed by atoms with E-state index in [-0.39, 0.29) is 5.91 Å². The standard InChI is InChI=1S/C20H32ClN3O/c1-4-10-24(16-18-6-5-7-19(21)15-18)20(25)9-8-17(2)23-13-11-22(3)12-14-23/h5-7,15,17H,4,8-14,16H2,1-3H3/t17-/m1/s1. The van der Waals surface area contributed by atoms with Gasteiger partial charge in [-0.05, 0) is 44.5 Å². The highest BCUT2D eigenvalue weighted by atomic mass is 35.5. The Balaban J connectivity index is 1.85. The van der Waals surface area contributed by atoms with Crippen LogP contribution in [-0.4, -0.2) is 66.4 Å². The van der Waals surface area contributed by atoms with Crippen LogP contribution in [0, 0.1) is 0 Å². The molecule has 0 bridgehead atoms. The predicted molar refractivity (Wildman–Crippen MR) is 105 cm³/mol. The Morgan fingerprint density at radius 2 is 2.00 bits per heavy atom. The molecule has 0 radical (unpaired) electrons. The fourth-order valence-electron chi connectivity index (χ4n) is 3.35. The monoisotopic (exact) mass is 365 g/mol. The number of carbonyl (C=O) groups excluding carboxylic acids is 1. The fourth-order valence-corrected chi connectivity index (χ4v) is 3.57. The molecule has 0 aromatic heterocycles. The van der Waals surface area contributed by atoms with Crippen molar-refractivity contribution in [3.05, 3.63) is 34.9 Å². The van der Waals surface area contributed by atoms with E-state index in [4.69, 9.17) is 11.6 Å². The first kappa shape index (κ1) is 20.2. The number of rotatable bonds is 8. The fraction of sp³-hybridized carbons (Fsp3) is 0.650. The minimum absolute atomic E-state index is 0.253. The number of amides is 1. The van der Waals surface area contributed by atoms with Gasteiger partial charge in [0.2, 0.25) is 5.91 Å². The van der Waals surface area contributed by atoms with Gasteiger partial charge in [-0.25, -0.2) is 0 Å². The second-order valence-electron chi connectivity index (χ2n) is 7.17. The summed E-state index contributed by atoms with van der Waals surface area (Å²) in [5, 5.41) is 0.727. The zero-order valence-electron chi connectivity index (χ0n) is 15.9. The van der Waals surface area contributed by atoms with E-state index in [1.165, 1.54) is 0 Å². The first-order valence-corrected chi connectivity index (χ1v) is 9.82. The lowest BCUT2D eigenvalue weighted by Gasteiger charge is -2.36. The molecule has 1 atom stereocenters. The van der Waals surface area contributed by atoms with Gasteiger partial charge in [-0.1, -0.05) is 30.7 Å². The van der Waals surface area contributed by atoms with Crippen molar-refractivity contribution >= 4 is 17.5 Å². The number of benzene rings is 1. The van der Waals surface area contributed by atoms with Gasteiger partial charge in [0.05, 0.1) is 0 Å². The largest absolute Gasteiger partial charge is 0.338 e. The molecule has 4 nitrogen and oxygen atoms in total. The summed E-state index contributed by atoms with van der Waals surface area (Å²) < 4.78 is 0. The summed E-state index contributed by atoms with van der Waals surface area (Å²) in [6, 6.07) is 8.27. The van der Waals surface area contributed by atoms with Gasteiger partial charge in [0.25, 0.3) is 0 Å². The molecule has 2 rings (SSSR count). The summed E-state index contributed by atoms with van der Waals surface area (Å²) in [5.41, 5.74) is 1.10. The third kappa shape index (κ3) is 6.61. The number of halogens is 1. The molecule has 0 aliphatic carbocycles. The van der Waals surface area contributed by atoms with Gasteiger partial charge >= 0.3 is 0 Å². The summed E-state index contributed by atoms with van der Waals surface area (Å²) in [7, 11) is 2.17. The van der Waals surface area contributed by atoms with Crippen LogP contribution >= 0.6 is 11.6 Å². The minimum atomic E-state index is 0.253. The average Bonchev–Trinajstić information content (AvgIpc) is 2.59. The Morgan fingerprint density at radius 3 is 2.64 bits per heavy atom. The van der Waals surface area contributed by atoms with Crippen LogP contribution in [0.3, 0.4) is 0 Å². The van der Waals surface area contributed by atoms with Crippen LogP contribution in [0.15, 0.2) is 24.3 Å². The van der Waals surface area contributed by atoms with E-state index in [9.17, 15) is 4.79 Å². The van der Waals surface area contributed by atoms with E-state index in [1.54, 1.807) is 0 Å². The topological polar surface area (TPSA) is 26.8 Å². The minimum Gasteiger partial charge on any atom is -0.338 e. The lowest BCUT2D eigenvalue weighted by molar-refractivity contribution is -0.132. The lowest BCUT2D eigenvalue weighted by Crippen LogP contribution is -2.48. The van der Waals surface area contributed by atoms with E-state index in [2.05, 4.69) is 30.7 Å². The van der Waals surface area contributed by atoms with Crippen LogP contribution in [0.1, 0.15) is 38.7 Å². The van der Waals surface area contributed by atoms with Crippen molar-refractivity contribution in [3.63, 3.8) is 0 Å². The molecule has 140 valence electrons. The maximum atomic E-state index is 12.7. The SMILES string of the molecule is CCCN(Cc1cccc(Cl)c1)C(=O)CC[C@@H](C)N1CCN(C)CC1. The van der Waals surface area contributed by atoms with E-state index >= 15 is 0 Å². The Morgan fingerprint density at radius 1 is 1.28 bits per heavy atom. The molecule has 1 aromatic carbocycles. The molecule has 1 aromatic rings. The molecule has 0 unspecified atom stereocenters. The first-order chi connectivity index (χ1) is 12.0. The van der Waals surface area contributed by atoms with Crippen molar-refractivity contribution in [2.24, 2.45) is 0 Å². The molecule has 1 amide bonds. The maximum absolute atomic E-state index is 12.7. The van der Waals surface area contributed by atoms with Crippen LogP contribution in [0.25, 0.3) is 0 Å². The van der Waals surface area contributed by atoms with Crippen molar-refractivity contribution in [1.82, 2.24) is 14.7 Å². The second kappa shape index (κ2) is 10.1. The van der Waals surface area contributed by atoms with Crippen LogP contribution < -0.4 is 0 Å². The first-order valence-electron chi connectivity index (χ1n) is 9.44. The van der Waals surface area contributed by atoms with E-state index < -0.39 is 0 Å². The van der Waals surface area contributed by atoms with E-state index in [0.717, 1.165) is 56.2 Å². The van der Waals surface area contributed by atoms with Crippen LogP contribution in [-0.2, 0) is 11.3 Å². The molecule has 1 fully saturated rings. The van der Waals surface area contributed by atoms with Crippen molar-refractivity contribution < 1.29 is 4.79 Å². The second-order valence-corrected chi connectivity index (χ2v) is 7.61. The number of piperazine rings is 1. The zero-order valence-corrected chi connectivity index (χ0v) is 16.6. The summed E-state index contributed by atoms with van der Waals surface area (Å²) in [6.45, 7) is 10.3. The molecule has 5 heteroatoms. The van der Waals surface area contributed by atoms with Gasteiger partial charge in [0.1, 0.15) is 0 Å². The molecule has 0 saturated carbocycles. The zero-order chi connectivity index (χ0) is 18.2. The number of hydrogen-bond acceptors (Lipinski definition) is 3. The lowest BCUT2D eigenvalue weighted by atomic mass is 10.1. The van der Waals surface area contributed by atoms with E-state index in [0.29, 0.717) is 19.0 Å². The Hall–Kier alpha value is -1.10. The van der Waals surface area contributed by atoms with Gasteiger partial charge < -0.3 is 9.80 Å². The molecule has 0 spiro atoms. The predicted octanol–water partition coefficient (Wildman–Crippen LogP) is 3.49. The summed E-state index contributed by atoms with van der Waals surface area (Å²) in [6.07, 6.45) is 2.52. The molecule has 1 aliphatic rings. The van der Waals surface area contributed by atoms with Crippen molar-refractivity contribution in [2.45, 2.75) is 45.7 Å². The van der Waals surface area contributed by atoms with Crippen molar-refractivity contribution in [3.8, 4) is 0 Å². The Bertz CT molecular complexity index is 543. The molecular weight excluding hydrogens is 334 g/mol. The molecule has 0 N–H and O–H groups in total. The van der Waals surface area contributed by atoms with Crippen LogP contribution in [0.5, 0.6) is 0 Å². The van der Waals surface area contributed by atoms with Crippen molar-refractivity contribution in [1.29, 1.82) is 0 Å². The molecule has 25 heavy (non-hydrogen) atoms. The van der Waals surface area contributed by atoms with E-state index in [1.807, 2.05) is 29.2 Å². The highest BCUT2D eigenvalue weighted by molar-refractivity contribution is 6.30. The summed E-state index contributed by atoms with van der Waals surface area (Å²) >= 11 is 6.07. The van der Waals surface area contributed by atoms with Gasteiger partial charge in [-0.15, -0.1) is 0 Å². The summed E-state index contributed by atoms with van der Waals surface area (Å²) in [4.78, 5) is 19.6. The molecule has 1 saturated heterocycles. The van der Waals surface area contributed by atoms with Gasteiger partial charge in [0.15, 0.2) is 0 Å². The van der Waals surface area contributed by atoms with Crippen molar-refractivity contribution in [2.75, 3.05) is 39.8 Å². The Kier molecular flexibility index (Phi) is 8.20. The van der Waals surface area contributed by atoms with Gasteiger partial charge in [-0.2, -0.15) is 0 Å². The summed E-state index contributed by atoms with van der Waals surface area (Å²) in [5.74, 6) is 0.253. The quantitative estimate of drug-likeness (QED) is 0.705. The third-order valence-corrected chi connectivity index (χ3v) is 5.28. The van der Waals surface area contributed by atoms with Gasteiger partial charge in [-0.3, -0.25) is 9.69 Å². The number of likely N-dealkylation sites (N-methyl/N-ethyl adjacent to an activating group) is 1. The highest BCUT2D eigenvalue weighted by Crippen LogP contribution is 2.15.